The van der Waals surface area contributed by atoms with E-state index in [1.807, 2.05) is 6.92 Å². The normalized spacial score (nSPS) is 39.2. The lowest BCUT2D eigenvalue weighted by Gasteiger charge is -2.66. The van der Waals surface area contributed by atoms with Gasteiger partial charge in [-0.1, -0.05) is 39.3 Å². The number of allylic oxidation sites excluding steroid dienone is 1. The Morgan fingerprint density at radius 2 is 1.88 bits per heavy atom. The van der Waals surface area contributed by atoms with Crippen molar-refractivity contribution in [2.24, 2.45) is 28.1 Å². The molecule has 1 aromatic heterocycles. The summed E-state index contributed by atoms with van der Waals surface area (Å²) in [5, 5.41) is 23.8. The van der Waals surface area contributed by atoms with Crippen molar-refractivity contribution < 1.29 is 48.0 Å². The van der Waals surface area contributed by atoms with Crippen LogP contribution in [0.4, 0.5) is 0 Å². The lowest BCUT2D eigenvalue weighted by Crippen LogP contribution is -2.75. The molecule has 0 radical (unpaired) electrons. The number of fused-ring (bicyclic) bond motifs is 5. The molecule has 0 unspecified atom stereocenters. The van der Waals surface area contributed by atoms with Crippen molar-refractivity contribution in [2.75, 3.05) is 7.11 Å². The Labute approximate surface area is 245 Å². The minimum Gasteiger partial charge on any atom is -0.472 e. The number of aliphatic hydroxyl groups is 2. The number of hydrogen-bond donors (Lipinski definition) is 2. The highest BCUT2D eigenvalue weighted by Gasteiger charge is 2.74. The van der Waals surface area contributed by atoms with Gasteiger partial charge in [-0.15, -0.1) is 0 Å². The smallest absolute Gasteiger partial charge is 0.339 e. The van der Waals surface area contributed by atoms with Crippen molar-refractivity contribution in [2.45, 2.75) is 91.1 Å². The number of Topliss-reactive ketones (excluding diaryl/α,β-unsaturated/α-hetero) is 1. The van der Waals surface area contributed by atoms with Crippen LogP contribution < -0.4 is 0 Å². The van der Waals surface area contributed by atoms with Crippen LogP contribution in [0.3, 0.4) is 0 Å². The quantitative estimate of drug-likeness (QED) is 0.227. The third-order valence-corrected chi connectivity index (χ3v) is 10.9. The van der Waals surface area contributed by atoms with E-state index in [1.165, 1.54) is 19.6 Å². The van der Waals surface area contributed by atoms with Crippen LogP contribution in [-0.4, -0.2) is 58.8 Å². The van der Waals surface area contributed by atoms with Gasteiger partial charge in [0.25, 0.3) is 0 Å². The highest BCUT2D eigenvalue weighted by atomic mass is 16.6. The zero-order chi connectivity index (χ0) is 31.0. The summed E-state index contributed by atoms with van der Waals surface area (Å²) in [5.41, 5.74) is -3.50. The number of rotatable bonds is 5. The van der Waals surface area contributed by atoms with E-state index in [2.05, 4.69) is 0 Å². The van der Waals surface area contributed by atoms with Crippen LogP contribution in [0.15, 0.2) is 45.8 Å². The van der Waals surface area contributed by atoms with Gasteiger partial charge < -0.3 is 28.8 Å². The molecule has 3 fully saturated rings. The van der Waals surface area contributed by atoms with Crippen LogP contribution >= 0.6 is 0 Å². The summed E-state index contributed by atoms with van der Waals surface area (Å²) in [6.45, 7) is 10.5. The van der Waals surface area contributed by atoms with Gasteiger partial charge in [0.05, 0.1) is 19.6 Å². The van der Waals surface area contributed by atoms with Crippen molar-refractivity contribution in [1.29, 1.82) is 0 Å². The van der Waals surface area contributed by atoms with Crippen molar-refractivity contribution in [3.05, 3.63) is 47.0 Å². The average molecular weight is 585 g/mol. The highest BCUT2D eigenvalue weighted by molar-refractivity contribution is 5.98. The number of carbonyl (C=O) groups is 4. The Balaban J connectivity index is 1.76. The van der Waals surface area contributed by atoms with Gasteiger partial charge in [0.15, 0.2) is 17.5 Å². The zero-order valence-corrected chi connectivity index (χ0v) is 25.2. The maximum Gasteiger partial charge on any atom is 0.339 e. The Kier molecular flexibility index (Phi) is 7.13. The van der Waals surface area contributed by atoms with E-state index in [9.17, 15) is 29.4 Å². The molecule has 0 spiro atoms. The van der Waals surface area contributed by atoms with Crippen LogP contribution in [0.1, 0.15) is 78.9 Å². The summed E-state index contributed by atoms with van der Waals surface area (Å²) >= 11 is 0. The molecular weight excluding hydrogens is 544 g/mol. The standard InChI is InChI=1S/C32H40O10/c1-8-16(2)25(35)42-28-29(3,4)20(13-21(33)39-7)31(6)19-9-11-30(5)22(18(19)14-32(28,38)27(31)37)23(34)26(36)41-24(30)17-10-12-40-15-17/h8,10,12,15,19-20,23-24,28,34,38H,9,11,13-14H2,1-7H3/t19-,20-,23+,24-,28-,30+,31+,32-/m1/s1. The second-order valence-corrected chi connectivity index (χ2v) is 13.3. The minimum atomic E-state index is -2.18. The summed E-state index contributed by atoms with van der Waals surface area (Å²) in [4.78, 5) is 53.6. The van der Waals surface area contributed by atoms with Gasteiger partial charge in [0, 0.05) is 40.2 Å². The minimum absolute atomic E-state index is 0.156. The summed E-state index contributed by atoms with van der Waals surface area (Å²) in [6, 6.07) is 1.71. The predicted molar refractivity (Wildman–Crippen MR) is 147 cm³/mol. The Bertz CT molecular complexity index is 1390. The van der Waals surface area contributed by atoms with E-state index >= 15 is 0 Å². The molecule has 10 nitrogen and oxygen atoms in total. The van der Waals surface area contributed by atoms with Crippen molar-refractivity contribution in [1.82, 2.24) is 0 Å². The largest absolute Gasteiger partial charge is 0.472 e. The molecule has 0 amide bonds. The van der Waals surface area contributed by atoms with E-state index in [4.69, 9.17) is 18.6 Å². The van der Waals surface area contributed by atoms with Crippen LogP contribution in [0.5, 0.6) is 0 Å². The summed E-state index contributed by atoms with van der Waals surface area (Å²) in [6.07, 6.45) is 1.39. The first kappa shape index (κ1) is 30.2. The molecule has 2 saturated carbocycles. The lowest BCUT2D eigenvalue weighted by molar-refractivity contribution is -0.235. The zero-order valence-electron chi connectivity index (χ0n) is 25.2. The Hall–Kier alpha value is -3.24. The molecule has 1 aliphatic heterocycles. The summed E-state index contributed by atoms with van der Waals surface area (Å²) < 4.78 is 22.0. The molecule has 228 valence electrons. The van der Waals surface area contributed by atoms with E-state index in [0.29, 0.717) is 35.1 Å². The molecule has 2 heterocycles. The fraction of sp³-hybridized carbons (Fsp3) is 0.625. The van der Waals surface area contributed by atoms with Gasteiger partial charge in [-0.05, 0) is 50.2 Å². The molecule has 10 heteroatoms. The Morgan fingerprint density at radius 3 is 2.48 bits per heavy atom. The lowest BCUT2D eigenvalue weighted by atomic mass is 9.39. The van der Waals surface area contributed by atoms with Gasteiger partial charge in [-0.3, -0.25) is 9.59 Å². The number of ketones is 1. The van der Waals surface area contributed by atoms with E-state index < -0.39 is 75.7 Å². The second-order valence-electron chi connectivity index (χ2n) is 13.3. The molecule has 5 rings (SSSR count). The molecule has 3 aliphatic carbocycles. The van der Waals surface area contributed by atoms with Crippen molar-refractivity contribution in [3.8, 4) is 0 Å². The third kappa shape index (κ3) is 3.97. The Morgan fingerprint density at radius 1 is 1.19 bits per heavy atom. The van der Waals surface area contributed by atoms with Crippen molar-refractivity contribution >= 4 is 23.7 Å². The molecule has 2 bridgehead atoms. The second kappa shape index (κ2) is 9.91. The molecule has 0 aromatic carbocycles. The molecule has 42 heavy (non-hydrogen) atoms. The topological polar surface area (TPSA) is 150 Å². The maximum atomic E-state index is 14.5. The van der Waals surface area contributed by atoms with Crippen molar-refractivity contribution in [3.63, 3.8) is 0 Å². The molecule has 1 saturated heterocycles. The molecule has 8 atom stereocenters. The number of carbonyl (C=O) groups excluding carboxylic acids is 4. The third-order valence-electron chi connectivity index (χ3n) is 10.9. The summed E-state index contributed by atoms with van der Waals surface area (Å²) in [5.74, 6) is -3.79. The van der Waals surface area contributed by atoms with Crippen LogP contribution in [0.2, 0.25) is 0 Å². The SMILES string of the molecule is CC=C(C)C(=O)O[C@@H]1C(C)(C)[C@@H](CC(=O)OC)[C@@]2(C)C(=O)[C@]1(O)CC1=C3[C@H](O)C(=O)O[C@H](c4ccoc4)[C@@]3(C)CC[C@H]12. The van der Waals surface area contributed by atoms with E-state index in [0.717, 1.165) is 0 Å². The molecular formula is C32H40O10. The fourth-order valence-corrected chi connectivity index (χ4v) is 8.71. The first-order valence-electron chi connectivity index (χ1n) is 14.4. The molecule has 1 aromatic rings. The van der Waals surface area contributed by atoms with Crippen LogP contribution in [0.25, 0.3) is 0 Å². The van der Waals surface area contributed by atoms with Crippen LogP contribution in [0, 0.1) is 28.1 Å². The van der Waals surface area contributed by atoms with Crippen LogP contribution in [-0.2, 0) is 33.4 Å². The first-order chi connectivity index (χ1) is 19.6. The number of esters is 3. The number of cyclic esters (lactones) is 1. The number of ether oxygens (including phenoxy) is 3. The van der Waals surface area contributed by atoms with Gasteiger partial charge >= 0.3 is 17.9 Å². The van der Waals surface area contributed by atoms with E-state index in [1.54, 1.807) is 46.8 Å². The van der Waals surface area contributed by atoms with Gasteiger partial charge in [-0.2, -0.15) is 0 Å². The van der Waals surface area contributed by atoms with E-state index in [-0.39, 0.29) is 12.8 Å². The fourth-order valence-electron chi connectivity index (χ4n) is 8.71. The number of hydrogen-bond acceptors (Lipinski definition) is 10. The van der Waals surface area contributed by atoms with Gasteiger partial charge in [0.2, 0.25) is 0 Å². The summed E-state index contributed by atoms with van der Waals surface area (Å²) in [7, 11) is 1.27. The van der Waals surface area contributed by atoms with Gasteiger partial charge in [0.1, 0.15) is 12.2 Å². The predicted octanol–water partition coefficient (Wildman–Crippen LogP) is 3.76. The molecule has 4 aliphatic rings. The number of methoxy groups -OCH3 is 1. The highest BCUT2D eigenvalue weighted by Crippen LogP contribution is 2.69. The molecule has 2 N–H and O–H groups in total. The monoisotopic (exact) mass is 584 g/mol. The number of aliphatic hydroxyl groups excluding tert-OH is 1. The van der Waals surface area contributed by atoms with Gasteiger partial charge in [-0.25, -0.2) is 9.59 Å². The maximum absolute atomic E-state index is 14.5. The average Bonchev–Trinajstić information content (AvgIpc) is 3.48. The first-order valence-corrected chi connectivity index (χ1v) is 14.4. The number of furan rings is 1.